The molecular formula is C16H19NS. The molecular weight excluding hydrogens is 238 g/mol. The molecule has 1 heterocycles. The SMILES string of the molecule is Cc1nc(-c2ccc(CC(C)C)cc2)ccc1S. The normalized spacial score (nSPS) is 10.9. The fourth-order valence-corrected chi connectivity index (χ4v) is 2.12. The summed E-state index contributed by atoms with van der Waals surface area (Å²) in [6, 6.07) is 12.7. The maximum Gasteiger partial charge on any atom is 0.0706 e. The van der Waals surface area contributed by atoms with E-state index in [-0.39, 0.29) is 0 Å². The molecule has 2 aromatic rings. The Balaban J connectivity index is 2.25. The highest BCUT2D eigenvalue weighted by Gasteiger charge is 2.03. The van der Waals surface area contributed by atoms with Gasteiger partial charge in [0.1, 0.15) is 0 Å². The molecule has 0 unspecified atom stereocenters. The lowest BCUT2D eigenvalue weighted by atomic mass is 10.0. The molecule has 18 heavy (non-hydrogen) atoms. The first kappa shape index (κ1) is 13.2. The molecule has 1 aromatic carbocycles. The molecule has 0 bridgehead atoms. The Morgan fingerprint density at radius 3 is 2.28 bits per heavy atom. The third kappa shape index (κ3) is 3.14. The van der Waals surface area contributed by atoms with Crippen LogP contribution in [0, 0.1) is 12.8 Å². The number of benzene rings is 1. The molecule has 2 heteroatoms. The lowest BCUT2D eigenvalue weighted by Crippen LogP contribution is -1.94. The van der Waals surface area contributed by atoms with E-state index >= 15 is 0 Å². The van der Waals surface area contributed by atoms with Crippen molar-refractivity contribution in [3.05, 3.63) is 47.7 Å². The molecule has 0 saturated heterocycles. The Morgan fingerprint density at radius 1 is 1.06 bits per heavy atom. The quantitative estimate of drug-likeness (QED) is 0.796. The van der Waals surface area contributed by atoms with Crippen LogP contribution in [0.5, 0.6) is 0 Å². The average Bonchev–Trinajstić information content (AvgIpc) is 2.33. The van der Waals surface area contributed by atoms with Crippen molar-refractivity contribution < 1.29 is 0 Å². The Bertz CT molecular complexity index is 529. The third-order valence-corrected chi connectivity index (χ3v) is 3.42. The van der Waals surface area contributed by atoms with Gasteiger partial charge in [-0.05, 0) is 37.0 Å². The van der Waals surface area contributed by atoms with Gasteiger partial charge < -0.3 is 0 Å². The first-order valence-corrected chi connectivity index (χ1v) is 6.77. The molecule has 0 aliphatic carbocycles. The van der Waals surface area contributed by atoms with Crippen LogP contribution in [0.15, 0.2) is 41.3 Å². The Morgan fingerprint density at radius 2 is 1.72 bits per heavy atom. The van der Waals surface area contributed by atoms with Gasteiger partial charge in [-0.1, -0.05) is 38.1 Å². The molecule has 0 fully saturated rings. The Hall–Kier alpha value is -1.28. The average molecular weight is 257 g/mol. The topological polar surface area (TPSA) is 12.9 Å². The zero-order chi connectivity index (χ0) is 13.1. The number of nitrogens with zero attached hydrogens (tertiary/aromatic N) is 1. The number of aryl methyl sites for hydroxylation is 1. The minimum Gasteiger partial charge on any atom is -0.252 e. The van der Waals surface area contributed by atoms with Crippen LogP contribution >= 0.6 is 12.6 Å². The highest BCUT2D eigenvalue weighted by atomic mass is 32.1. The van der Waals surface area contributed by atoms with Crippen molar-refractivity contribution in [1.82, 2.24) is 4.98 Å². The van der Waals surface area contributed by atoms with Crippen LogP contribution in [0.1, 0.15) is 25.1 Å². The predicted molar refractivity (Wildman–Crippen MR) is 80.2 cm³/mol. The van der Waals surface area contributed by atoms with Crippen molar-refractivity contribution in [2.24, 2.45) is 5.92 Å². The highest BCUT2D eigenvalue weighted by Crippen LogP contribution is 2.21. The maximum atomic E-state index is 4.56. The number of thiol groups is 1. The van der Waals surface area contributed by atoms with Gasteiger partial charge in [0, 0.05) is 10.5 Å². The maximum absolute atomic E-state index is 4.56. The van der Waals surface area contributed by atoms with E-state index < -0.39 is 0 Å². The monoisotopic (exact) mass is 257 g/mol. The van der Waals surface area contributed by atoms with Gasteiger partial charge in [-0.25, -0.2) is 0 Å². The van der Waals surface area contributed by atoms with Gasteiger partial charge in [0.2, 0.25) is 0 Å². The van der Waals surface area contributed by atoms with Crippen LogP contribution < -0.4 is 0 Å². The molecule has 0 spiro atoms. The zero-order valence-corrected chi connectivity index (χ0v) is 12.0. The fourth-order valence-electron chi connectivity index (χ4n) is 2.00. The second kappa shape index (κ2) is 5.57. The second-order valence-electron chi connectivity index (χ2n) is 5.10. The molecule has 94 valence electrons. The van der Waals surface area contributed by atoms with E-state index in [2.05, 4.69) is 55.7 Å². The van der Waals surface area contributed by atoms with Crippen LogP contribution in [-0.4, -0.2) is 4.98 Å². The largest absolute Gasteiger partial charge is 0.252 e. The third-order valence-electron chi connectivity index (χ3n) is 2.95. The Kier molecular flexibility index (Phi) is 4.07. The molecule has 0 N–H and O–H groups in total. The first-order valence-electron chi connectivity index (χ1n) is 6.32. The van der Waals surface area contributed by atoms with Crippen molar-refractivity contribution in [3.8, 4) is 11.3 Å². The van der Waals surface area contributed by atoms with Crippen LogP contribution in [0.25, 0.3) is 11.3 Å². The Labute approximate surface area is 115 Å². The van der Waals surface area contributed by atoms with E-state index in [9.17, 15) is 0 Å². The van der Waals surface area contributed by atoms with Crippen molar-refractivity contribution in [1.29, 1.82) is 0 Å². The van der Waals surface area contributed by atoms with E-state index in [1.54, 1.807) is 0 Å². The lowest BCUT2D eigenvalue weighted by molar-refractivity contribution is 0.647. The second-order valence-corrected chi connectivity index (χ2v) is 5.58. The summed E-state index contributed by atoms with van der Waals surface area (Å²) in [6.07, 6.45) is 1.13. The molecule has 0 saturated carbocycles. The summed E-state index contributed by atoms with van der Waals surface area (Å²) in [5.41, 5.74) is 4.54. The predicted octanol–water partition coefficient (Wildman–Crippen LogP) is 4.54. The lowest BCUT2D eigenvalue weighted by Gasteiger charge is -2.07. The van der Waals surface area contributed by atoms with E-state index in [0.29, 0.717) is 5.92 Å². The van der Waals surface area contributed by atoms with Gasteiger partial charge >= 0.3 is 0 Å². The van der Waals surface area contributed by atoms with Gasteiger partial charge in [0.25, 0.3) is 0 Å². The van der Waals surface area contributed by atoms with Crippen LogP contribution in [-0.2, 0) is 6.42 Å². The number of pyridine rings is 1. The first-order chi connectivity index (χ1) is 8.56. The number of hydrogen-bond donors (Lipinski definition) is 1. The van der Waals surface area contributed by atoms with E-state index in [4.69, 9.17) is 0 Å². The summed E-state index contributed by atoms with van der Waals surface area (Å²) in [5, 5.41) is 0. The van der Waals surface area contributed by atoms with Crippen LogP contribution in [0.3, 0.4) is 0 Å². The van der Waals surface area contributed by atoms with Gasteiger partial charge in [-0.15, -0.1) is 12.6 Å². The summed E-state index contributed by atoms with van der Waals surface area (Å²) in [6.45, 7) is 6.47. The number of hydrogen-bond acceptors (Lipinski definition) is 2. The number of aromatic nitrogens is 1. The number of rotatable bonds is 3. The minimum atomic E-state index is 0.694. The smallest absolute Gasteiger partial charge is 0.0706 e. The molecule has 0 atom stereocenters. The van der Waals surface area contributed by atoms with Crippen molar-refractivity contribution in [2.45, 2.75) is 32.1 Å². The molecule has 1 nitrogen and oxygen atoms in total. The molecule has 0 aliphatic heterocycles. The summed E-state index contributed by atoms with van der Waals surface area (Å²) in [7, 11) is 0. The molecule has 0 radical (unpaired) electrons. The van der Waals surface area contributed by atoms with Crippen molar-refractivity contribution in [3.63, 3.8) is 0 Å². The molecule has 0 amide bonds. The van der Waals surface area contributed by atoms with Gasteiger partial charge in [-0.2, -0.15) is 0 Å². The van der Waals surface area contributed by atoms with Crippen molar-refractivity contribution in [2.75, 3.05) is 0 Å². The highest BCUT2D eigenvalue weighted by molar-refractivity contribution is 7.80. The van der Waals surface area contributed by atoms with E-state index in [1.165, 1.54) is 11.1 Å². The summed E-state index contributed by atoms with van der Waals surface area (Å²) in [4.78, 5) is 5.50. The van der Waals surface area contributed by atoms with Crippen LogP contribution in [0.2, 0.25) is 0 Å². The van der Waals surface area contributed by atoms with E-state index in [0.717, 1.165) is 22.7 Å². The van der Waals surface area contributed by atoms with Crippen LogP contribution in [0.4, 0.5) is 0 Å². The molecule has 0 aliphatic rings. The van der Waals surface area contributed by atoms with E-state index in [1.807, 2.05) is 19.1 Å². The van der Waals surface area contributed by atoms with Gasteiger partial charge in [0.05, 0.1) is 11.4 Å². The summed E-state index contributed by atoms with van der Waals surface area (Å²) >= 11 is 4.35. The van der Waals surface area contributed by atoms with Gasteiger partial charge in [0.15, 0.2) is 0 Å². The van der Waals surface area contributed by atoms with Crippen molar-refractivity contribution >= 4 is 12.6 Å². The molecule has 1 aromatic heterocycles. The minimum absolute atomic E-state index is 0.694. The standard InChI is InChI=1S/C16H19NS/c1-11(2)10-13-4-6-14(7-5-13)15-8-9-16(18)12(3)17-15/h4-9,11,18H,10H2,1-3H3. The summed E-state index contributed by atoms with van der Waals surface area (Å²) < 4.78 is 0. The summed E-state index contributed by atoms with van der Waals surface area (Å²) in [5.74, 6) is 0.694. The fraction of sp³-hybridized carbons (Fsp3) is 0.312. The molecule has 2 rings (SSSR count). The van der Waals surface area contributed by atoms with Gasteiger partial charge in [-0.3, -0.25) is 4.98 Å². The zero-order valence-electron chi connectivity index (χ0n) is 11.1.